The van der Waals surface area contributed by atoms with Gasteiger partial charge < -0.3 is 5.32 Å². The third kappa shape index (κ3) is 2.97. The first-order chi connectivity index (χ1) is 9.66. The van der Waals surface area contributed by atoms with Crippen molar-refractivity contribution in [3.8, 4) is 0 Å². The number of hydrogen-bond donors (Lipinski definition) is 1. The fraction of sp³-hybridized carbons (Fsp3) is 0.812. The van der Waals surface area contributed by atoms with Crippen LogP contribution in [0.15, 0.2) is 0 Å². The predicted molar refractivity (Wildman–Crippen MR) is 79.7 cm³/mol. The van der Waals surface area contributed by atoms with Crippen molar-refractivity contribution in [3.63, 3.8) is 0 Å². The molecule has 0 aromatic rings. The van der Waals surface area contributed by atoms with Crippen LogP contribution in [0.1, 0.15) is 59.8 Å². The fourth-order valence-electron chi connectivity index (χ4n) is 3.20. The molecule has 0 radical (unpaired) electrons. The van der Waals surface area contributed by atoms with Crippen LogP contribution in [0, 0.1) is 11.3 Å². The minimum atomic E-state index is -0.838. The molecule has 1 aliphatic carbocycles. The summed E-state index contributed by atoms with van der Waals surface area (Å²) in [6.45, 7) is 7.08. The van der Waals surface area contributed by atoms with Crippen LogP contribution in [0.3, 0.4) is 0 Å². The maximum atomic E-state index is 12.7. The van der Waals surface area contributed by atoms with Gasteiger partial charge in [0.25, 0.3) is 5.91 Å². The number of carbonyl (C=O) groups is 3. The SMILES string of the molecule is CC(C)(C)C(=O)CN1C(=O)N[C@](C)(C2CCCCC2)C1=O. The van der Waals surface area contributed by atoms with E-state index in [0.29, 0.717) is 0 Å². The Hall–Kier alpha value is -1.39. The largest absolute Gasteiger partial charge is 0.325 e. The van der Waals surface area contributed by atoms with Crippen molar-refractivity contribution in [1.82, 2.24) is 10.2 Å². The number of Topliss-reactive ketones (excluding diaryl/α,β-unsaturated/α-hetero) is 1. The number of rotatable bonds is 3. The number of hydrogen-bond acceptors (Lipinski definition) is 3. The quantitative estimate of drug-likeness (QED) is 0.813. The van der Waals surface area contributed by atoms with E-state index in [2.05, 4.69) is 5.32 Å². The topological polar surface area (TPSA) is 66.5 Å². The Kier molecular flexibility index (Phi) is 4.13. The van der Waals surface area contributed by atoms with Gasteiger partial charge in [-0.3, -0.25) is 14.5 Å². The van der Waals surface area contributed by atoms with Gasteiger partial charge in [-0.25, -0.2) is 4.79 Å². The second-order valence-corrected chi connectivity index (χ2v) is 7.53. The Bertz CT molecular complexity index is 461. The summed E-state index contributed by atoms with van der Waals surface area (Å²) in [5.41, 5.74) is -1.39. The standard InChI is InChI=1S/C16H26N2O3/c1-15(2,3)12(19)10-18-13(20)16(4,17-14(18)21)11-8-6-5-7-9-11/h11H,5-10H2,1-4H3,(H,17,21)/t16-/m1/s1. The van der Waals surface area contributed by atoms with Crippen LogP contribution >= 0.6 is 0 Å². The van der Waals surface area contributed by atoms with Crippen LogP contribution in [0.2, 0.25) is 0 Å². The van der Waals surface area contributed by atoms with Crippen molar-refractivity contribution in [3.05, 3.63) is 0 Å². The van der Waals surface area contributed by atoms with Gasteiger partial charge in [0.2, 0.25) is 0 Å². The summed E-state index contributed by atoms with van der Waals surface area (Å²) in [5.74, 6) is -0.159. The predicted octanol–water partition coefficient (Wildman–Crippen LogP) is 2.49. The van der Waals surface area contributed by atoms with Gasteiger partial charge in [-0.05, 0) is 25.7 Å². The Balaban J connectivity index is 2.14. The highest BCUT2D eigenvalue weighted by atomic mass is 16.2. The van der Waals surface area contributed by atoms with E-state index < -0.39 is 17.0 Å². The normalized spacial score (nSPS) is 27.9. The summed E-state index contributed by atoms with van der Waals surface area (Å²) in [6.07, 6.45) is 5.32. The number of ketones is 1. The average molecular weight is 294 g/mol. The summed E-state index contributed by atoms with van der Waals surface area (Å²) < 4.78 is 0. The van der Waals surface area contributed by atoms with Crippen LogP contribution in [-0.2, 0) is 9.59 Å². The van der Waals surface area contributed by atoms with Gasteiger partial charge >= 0.3 is 6.03 Å². The smallest absolute Gasteiger partial charge is 0.323 e. The van der Waals surface area contributed by atoms with Crippen molar-refractivity contribution in [2.45, 2.75) is 65.3 Å². The van der Waals surface area contributed by atoms with Crippen molar-refractivity contribution in [2.75, 3.05) is 6.54 Å². The first-order valence-corrected chi connectivity index (χ1v) is 7.83. The molecule has 1 aliphatic heterocycles. The summed E-state index contributed by atoms with van der Waals surface area (Å²) in [6, 6.07) is -0.425. The average Bonchev–Trinajstić information content (AvgIpc) is 2.63. The highest BCUT2D eigenvalue weighted by Gasteiger charge is 2.52. The van der Waals surface area contributed by atoms with Crippen molar-refractivity contribution < 1.29 is 14.4 Å². The Morgan fingerprint density at radius 2 is 1.81 bits per heavy atom. The molecule has 0 bridgehead atoms. The molecule has 1 N–H and O–H groups in total. The van der Waals surface area contributed by atoms with Gasteiger partial charge in [0, 0.05) is 5.41 Å². The zero-order valence-corrected chi connectivity index (χ0v) is 13.5. The molecule has 1 saturated heterocycles. The molecule has 2 aliphatic rings. The number of urea groups is 1. The molecule has 2 rings (SSSR count). The molecular weight excluding hydrogens is 268 g/mol. The van der Waals surface area contributed by atoms with E-state index in [0.717, 1.165) is 30.6 Å². The molecule has 5 nitrogen and oxygen atoms in total. The maximum Gasteiger partial charge on any atom is 0.325 e. The lowest BCUT2D eigenvalue weighted by Crippen LogP contribution is -2.51. The molecule has 21 heavy (non-hydrogen) atoms. The minimum absolute atomic E-state index is 0.0982. The van der Waals surface area contributed by atoms with Crippen LogP contribution < -0.4 is 5.32 Å². The Morgan fingerprint density at radius 3 is 2.33 bits per heavy atom. The van der Waals surface area contributed by atoms with Crippen molar-refractivity contribution >= 4 is 17.7 Å². The number of imide groups is 1. The lowest BCUT2D eigenvalue weighted by atomic mass is 9.75. The van der Waals surface area contributed by atoms with Gasteiger partial charge in [-0.2, -0.15) is 0 Å². The van der Waals surface area contributed by atoms with E-state index in [9.17, 15) is 14.4 Å². The van der Waals surface area contributed by atoms with E-state index in [1.165, 1.54) is 6.42 Å². The second-order valence-electron chi connectivity index (χ2n) is 7.53. The molecule has 0 aromatic carbocycles. The first-order valence-electron chi connectivity index (χ1n) is 7.83. The maximum absolute atomic E-state index is 12.7. The van der Waals surface area contributed by atoms with Gasteiger partial charge in [-0.1, -0.05) is 40.0 Å². The zero-order chi connectivity index (χ0) is 15.8. The molecule has 1 heterocycles. The second kappa shape index (κ2) is 5.43. The van der Waals surface area contributed by atoms with E-state index in [-0.39, 0.29) is 24.2 Å². The Morgan fingerprint density at radius 1 is 1.24 bits per heavy atom. The van der Waals surface area contributed by atoms with Gasteiger partial charge in [-0.15, -0.1) is 0 Å². The number of amides is 3. The highest BCUT2D eigenvalue weighted by molar-refractivity contribution is 6.09. The zero-order valence-electron chi connectivity index (χ0n) is 13.5. The minimum Gasteiger partial charge on any atom is -0.323 e. The highest BCUT2D eigenvalue weighted by Crippen LogP contribution is 2.36. The van der Waals surface area contributed by atoms with E-state index in [1.54, 1.807) is 20.8 Å². The number of nitrogens with one attached hydrogen (secondary N) is 1. The number of nitrogens with zero attached hydrogens (tertiary/aromatic N) is 1. The monoisotopic (exact) mass is 294 g/mol. The summed E-state index contributed by atoms with van der Waals surface area (Å²) in [4.78, 5) is 38.1. The molecule has 0 spiro atoms. The molecule has 0 aromatic heterocycles. The lowest BCUT2D eigenvalue weighted by molar-refractivity contribution is -0.137. The van der Waals surface area contributed by atoms with Gasteiger partial charge in [0.05, 0.1) is 6.54 Å². The van der Waals surface area contributed by atoms with Crippen LogP contribution in [0.5, 0.6) is 0 Å². The molecule has 1 saturated carbocycles. The summed E-state index contributed by atoms with van der Waals surface area (Å²) in [7, 11) is 0. The molecule has 2 fully saturated rings. The lowest BCUT2D eigenvalue weighted by Gasteiger charge is -2.34. The third-order valence-corrected chi connectivity index (χ3v) is 4.86. The molecule has 0 unspecified atom stereocenters. The summed E-state index contributed by atoms with van der Waals surface area (Å²) in [5, 5.41) is 2.84. The Labute approximate surface area is 126 Å². The summed E-state index contributed by atoms with van der Waals surface area (Å²) >= 11 is 0. The molecule has 3 amide bonds. The molecule has 1 atom stereocenters. The fourth-order valence-corrected chi connectivity index (χ4v) is 3.20. The molecular formula is C16H26N2O3. The van der Waals surface area contributed by atoms with E-state index in [1.807, 2.05) is 6.92 Å². The van der Waals surface area contributed by atoms with Crippen molar-refractivity contribution in [2.24, 2.45) is 11.3 Å². The first kappa shape index (κ1) is 16.0. The molecule has 5 heteroatoms. The third-order valence-electron chi connectivity index (χ3n) is 4.86. The van der Waals surface area contributed by atoms with Gasteiger partial charge in [0.15, 0.2) is 5.78 Å². The van der Waals surface area contributed by atoms with Crippen LogP contribution in [0.25, 0.3) is 0 Å². The van der Waals surface area contributed by atoms with E-state index in [4.69, 9.17) is 0 Å². The van der Waals surface area contributed by atoms with E-state index >= 15 is 0 Å². The van der Waals surface area contributed by atoms with Gasteiger partial charge in [0.1, 0.15) is 5.54 Å². The van der Waals surface area contributed by atoms with Crippen LogP contribution in [0.4, 0.5) is 4.79 Å². The molecule has 118 valence electrons. The van der Waals surface area contributed by atoms with Crippen molar-refractivity contribution in [1.29, 1.82) is 0 Å². The number of carbonyl (C=O) groups excluding carboxylic acids is 3. The van der Waals surface area contributed by atoms with Crippen LogP contribution in [-0.4, -0.2) is 34.7 Å².